The normalized spacial score (nSPS) is 16.6. The first-order valence-corrected chi connectivity index (χ1v) is 7.80. The molecule has 1 heterocycles. The Kier molecular flexibility index (Phi) is 5.65. The molecule has 0 saturated heterocycles. The number of phenols is 1. The lowest BCUT2D eigenvalue weighted by molar-refractivity contribution is -0.386. The first kappa shape index (κ1) is 19.0. The largest absolute Gasteiger partial charge is 0.500 e. The summed E-state index contributed by atoms with van der Waals surface area (Å²) in [6, 6.07) is 0.823. The van der Waals surface area contributed by atoms with E-state index in [-0.39, 0.29) is 29.2 Å². The molecule has 0 radical (unpaired) electrons. The van der Waals surface area contributed by atoms with Crippen molar-refractivity contribution in [3.63, 3.8) is 0 Å². The van der Waals surface area contributed by atoms with Crippen molar-refractivity contribution in [3.8, 4) is 11.5 Å². The van der Waals surface area contributed by atoms with E-state index in [2.05, 4.69) is 10.6 Å². The maximum absolute atomic E-state index is 12.4. The highest BCUT2D eigenvalue weighted by molar-refractivity contribution is 5.95. The molecule has 1 aliphatic rings. The monoisotopic (exact) mass is 365 g/mol. The van der Waals surface area contributed by atoms with E-state index in [4.69, 9.17) is 9.47 Å². The summed E-state index contributed by atoms with van der Waals surface area (Å²) in [7, 11) is 1.24. The Morgan fingerprint density at radius 3 is 2.69 bits per heavy atom. The van der Waals surface area contributed by atoms with Crippen LogP contribution in [0, 0.1) is 10.1 Å². The third-order valence-electron chi connectivity index (χ3n) is 3.75. The van der Waals surface area contributed by atoms with Gasteiger partial charge in [-0.25, -0.2) is 9.59 Å². The van der Waals surface area contributed by atoms with Gasteiger partial charge in [0.15, 0.2) is 5.75 Å². The molecule has 2 rings (SSSR count). The van der Waals surface area contributed by atoms with Crippen molar-refractivity contribution < 1.29 is 29.1 Å². The molecule has 0 aliphatic carbocycles. The molecule has 0 aromatic heterocycles. The molecule has 26 heavy (non-hydrogen) atoms. The van der Waals surface area contributed by atoms with Crippen LogP contribution in [-0.2, 0) is 9.53 Å². The second kappa shape index (κ2) is 7.72. The van der Waals surface area contributed by atoms with Crippen molar-refractivity contribution in [2.24, 2.45) is 0 Å². The second-order valence-electron chi connectivity index (χ2n) is 5.55. The summed E-state index contributed by atoms with van der Waals surface area (Å²) in [5.74, 6) is -1.45. The van der Waals surface area contributed by atoms with E-state index in [1.807, 2.05) is 6.92 Å². The van der Waals surface area contributed by atoms with E-state index in [1.165, 1.54) is 20.1 Å². The van der Waals surface area contributed by atoms with E-state index < -0.39 is 34.4 Å². The summed E-state index contributed by atoms with van der Waals surface area (Å²) in [5, 5.41) is 26.1. The number of nitrogens with one attached hydrogen (secondary N) is 2. The number of urea groups is 1. The smallest absolute Gasteiger partial charge is 0.338 e. The molecule has 0 spiro atoms. The van der Waals surface area contributed by atoms with Gasteiger partial charge in [-0.1, -0.05) is 6.92 Å². The van der Waals surface area contributed by atoms with Crippen molar-refractivity contribution in [2.45, 2.75) is 26.3 Å². The van der Waals surface area contributed by atoms with Crippen LogP contribution in [0.1, 0.15) is 31.9 Å². The lowest BCUT2D eigenvalue weighted by atomic mass is 9.94. The van der Waals surface area contributed by atoms with E-state index in [0.717, 1.165) is 6.07 Å². The summed E-state index contributed by atoms with van der Waals surface area (Å²) >= 11 is 0. The maximum Gasteiger partial charge on any atom is 0.338 e. The zero-order chi connectivity index (χ0) is 19.4. The van der Waals surface area contributed by atoms with Crippen molar-refractivity contribution >= 4 is 17.7 Å². The van der Waals surface area contributed by atoms with Gasteiger partial charge < -0.3 is 25.2 Å². The van der Waals surface area contributed by atoms with Gasteiger partial charge in [-0.3, -0.25) is 10.1 Å². The highest BCUT2D eigenvalue weighted by Gasteiger charge is 2.34. The maximum atomic E-state index is 12.4. The van der Waals surface area contributed by atoms with Crippen LogP contribution in [0.4, 0.5) is 10.5 Å². The number of amides is 2. The fourth-order valence-corrected chi connectivity index (χ4v) is 2.56. The van der Waals surface area contributed by atoms with E-state index in [1.54, 1.807) is 0 Å². The molecule has 10 nitrogen and oxygen atoms in total. The topological polar surface area (TPSA) is 140 Å². The summed E-state index contributed by atoms with van der Waals surface area (Å²) in [6.07, 6.45) is 0.612. The number of rotatable bonds is 6. The zero-order valence-corrected chi connectivity index (χ0v) is 14.5. The van der Waals surface area contributed by atoms with Crippen molar-refractivity contribution in [1.82, 2.24) is 10.6 Å². The Hall–Kier alpha value is -3.30. The van der Waals surface area contributed by atoms with Crippen molar-refractivity contribution in [1.29, 1.82) is 0 Å². The van der Waals surface area contributed by atoms with Crippen LogP contribution in [0.2, 0.25) is 0 Å². The van der Waals surface area contributed by atoms with E-state index >= 15 is 0 Å². The van der Waals surface area contributed by atoms with Gasteiger partial charge in [0.25, 0.3) is 0 Å². The fourth-order valence-electron chi connectivity index (χ4n) is 2.56. The molecule has 3 N–H and O–H groups in total. The molecule has 1 atom stereocenters. The number of benzene rings is 1. The lowest BCUT2D eigenvalue weighted by Gasteiger charge is -2.28. The number of allylic oxidation sites excluding steroid dienone is 1. The summed E-state index contributed by atoms with van der Waals surface area (Å²) in [4.78, 5) is 34.7. The van der Waals surface area contributed by atoms with Gasteiger partial charge in [0, 0.05) is 11.8 Å². The predicted molar refractivity (Wildman–Crippen MR) is 89.7 cm³/mol. The minimum atomic E-state index is -0.999. The van der Waals surface area contributed by atoms with Crippen LogP contribution >= 0.6 is 0 Å². The highest BCUT2D eigenvalue weighted by Crippen LogP contribution is 2.40. The number of nitro groups is 1. The van der Waals surface area contributed by atoms with E-state index in [9.17, 15) is 24.8 Å². The SMILES string of the molecule is CCCOC(=O)C1=C(C)NC(=O)NC1c1cc(OC)c(O)c([N+](=O)[O-])c1. The van der Waals surface area contributed by atoms with Crippen molar-refractivity contribution in [3.05, 3.63) is 39.1 Å². The molecule has 0 saturated carbocycles. The average Bonchev–Trinajstić information content (AvgIpc) is 2.58. The molecular weight excluding hydrogens is 346 g/mol. The van der Waals surface area contributed by atoms with Crippen LogP contribution in [0.15, 0.2) is 23.4 Å². The third-order valence-corrected chi connectivity index (χ3v) is 3.75. The molecule has 1 unspecified atom stereocenters. The average molecular weight is 365 g/mol. The number of hydrogen-bond donors (Lipinski definition) is 3. The van der Waals surface area contributed by atoms with Gasteiger partial charge in [0.2, 0.25) is 5.75 Å². The Morgan fingerprint density at radius 2 is 2.12 bits per heavy atom. The Labute approximate surface area is 148 Å². The number of hydrogen-bond acceptors (Lipinski definition) is 7. The number of phenolic OH excluding ortho intramolecular Hbond substituents is 1. The lowest BCUT2D eigenvalue weighted by Crippen LogP contribution is -2.45. The van der Waals surface area contributed by atoms with Crippen LogP contribution in [-0.4, -0.2) is 35.7 Å². The molecule has 0 fully saturated rings. The van der Waals surface area contributed by atoms with Crippen LogP contribution in [0.25, 0.3) is 0 Å². The quantitative estimate of drug-likeness (QED) is 0.397. The van der Waals surface area contributed by atoms with Gasteiger partial charge in [0.05, 0.1) is 30.3 Å². The first-order valence-electron chi connectivity index (χ1n) is 7.80. The minimum Gasteiger partial charge on any atom is -0.500 e. The number of ether oxygens (including phenoxy) is 2. The Balaban J connectivity index is 2.57. The molecule has 1 aromatic rings. The van der Waals surface area contributed by atoms with Gasteiger partial charge in [-0.2, -0.15) is 0 Å². The number of carbonyl (C=O) groups excluding carboxylic acids is 2. The second-order valence-corrected chi connectivity index (χ2v) is 5.55. The molecule has 1 aliphatic heterocycles. The first-order chi connectivity index (χ1) is 12.3. The number of nitro benzene ring substituents is 1. The van der Waals surface area contributed by atoms with Crippen LogP contribution in [0.3, 0.4) is 0 Å². The van der Waals surface area contributed by atoms with Gasteiger partial charge >= 0.3 is 17.7 Å². The number of nitrogens with zero attached hydrogens (tertiary/aromatic N) is 1. The molecule has 140 valence electrons. The Bertz CT molecular complexity index is 788. The van der Waals surface area contributed by atoms with Gasteiger partial charge in [-0.15, -0.1) is 0 Å². The molecular formula is C16H19N3O7. The standard InChI is InChI=1S/C16H19N3O7/c1-4-5-26-15(21)12-8(2)17-16(22)18-13(12)9-6-10(19(23)24)14(20)11(7-9)25-3/h6-7,13,20H,4-5H2,1-3H3,(H2,17,18,22). The molecule has 2 amide bonds. The van der Waals surface area contributed by atoms with Gasteiger partial charge in [-0.05, 0) is 25.0 Å². The number of carbonyl (C=O) groups is 2. The number of esters is 1. The van der Waals surface area contributed by atoms with E-state index in [0.29, 0.717) is 6.42 Å². The molecule has 10 heteroatoms. The number of aromatic hydroxyl groups is 1. The van der Waals surface area contributed by atoms with Gasteiger partial charge in [0.1, 0.15) is 0 Å². The fraction of sp³-hybridized carbons (Fsp3) is 0.375. The van der Waals surface area contributed by atoms with Crippen molar-refractivity contribution in [2.75, 3.05) is 13.7 Å². The Morgan fingerprint density at radius 1 is 1.42 bits per heavy atom. The highest BCUT2D eigenvalue weighted by atomic mass is 16.6. The third kappa shape index (κ3) is 3.68. The molecule has 1 aromatic carbocycles. The summed E-state index contributed by atoms with van der Waals surface area (Å²) in [6.45, 7) is 3.55. The van der Waals surface area contributed by atoms with Crippen LogP contribution < -0.4 is 15.4 Å². The molecule has 0 bridgehead atoms. The summed E-state index contributed by atoms with van der Waals surface area (Å²) in [5.41, 5.74) is -0.0234. The minimum absolute atomic E-state index is 0.111. The zero-order valence-electron chi connectivity index (χ0n) is 14.5. The van der Waals surface area contributed by atoms with Crippen LogP contribution in [0.5, 0.6) is 11.5 Å². The number of methoxy groups -OCH3 is 1. The summed E-state index contributed by atoms with van der Waals surface area (Å²) < 4.78 is 10.1. The predicted octanol–water partition coefficient (Wildman–Crippen LogP) is 1.89.